The summed E-state index contributed by atoms with van der Waals surface area (Å²) in [5, 5.41) is 1.08. The van der Waals surface area contributed by atoms with Crippen molar-refractivity contribution >= 4 is 63.4 Å². The molecule has 1 aromatic carbocycles. The van der Waals surface area contributed by atoms with Crippen molar-refractivity contribution in [3.63, 3.8) is 0 Å². The van der Waals surface area contributed by atoms with E-state index in [1.54, 1.807) is 0 Å². The van der Waals surface area contributed by atoms with Crippen LogP contribution >= 0.6 is 45.8 Å². The van der Waals surface area contributed by atoms with Gasteiger partial charge in [-0.05, 0) is 60.4 Å². The number of nitrogens with two attached hydrogens (primary N) is 2. The Bertz CT molecular complexity index is 644. The van der Waals surface area contributed by atoms with E-state index < -0.39 is 5.66 Å². The lowest BCUT2D eigenvalue weighted by atomic mass is 9.87. The van der Waals surface area contributed by atoms with Crippen LogP contribution in [0.25, 0.3) is 0 Å². The first kappa shape index (κ1) is 16.1. The van der Waals surface area contributed by atoms with Gasteiger partial charge in [-0.15, -0.1) is 0 Å². The SMILES string of the molecule is NC1=NC2(CCCCC2)N(c2c(Cl)cc(I)cc2Cl)C(N)=N1. The highest BCUT2D eigenvalue weighted by Gasteiger charge is 2.44. The third-order valence-electron chi connectivity index (χ3n) is 4.06. The van der Waals surface area contributed by atoms with Crippen LogP contribution in [0.2, 0.25) is 10.0 Å². The quantitative estimate of drug-likeness (QED) is 0.638. The van der Waals surface area contributed by atoms with Crippen LogP contribution < -0.4 is 16.4 Å². The van der Waals surface area contributed by atoms with Gasteiger partial charge in [0.1, 0.15) is 5.66 Å². The van der Waals surface area contributed by atoms with Crippen LogP contribution in [0.1, 0.15) is 32.1 Å². The topological polar surface area (TPSA) is 80.0 Å². The molecule has 8 heteroatoms. The summed E-state index contributed by atoms with van der Waals surface area (Å²) in [5.74, 6) is 0.507. The number of halogens is 3. The number of hydrogen-bond acceptors (Lipinski definition) is 5. The molecule has 0 amide bonds. The number of benzene rings is 1. The van der Waals surface area contributed by atoms with Crippen molar-refractivity contribution in [2.24, 2.45) is 21.5 Å². The number of guanidine groups is 2. The maximum atomic E-state index is 6.45. The first-order chi connectivity index (χ1) is 10.4. The van der Waals surface area contributed by atoms with Gasteiger partial charge in [-0.3, -0.25) is 4.90 Å². The van der Waals surface area contributed by atoms with Crippen LogP contribution in [0.4, 0.5) is 5.69 Å². The maximum Gasteiger partial charge on any atom is 0.220 e. The molecule has 1 aliphatic carbocycles. The smallest absolute Gasteiger partial charge is 0.220 e. The van der Waals surface area contributed by atoms with Gasteiger partial charge in [0, 0.05) is 3.57 Å². The predicted molar refractivity (Wildman–Crippen MR) is 101 cm³/mol. The van der Waals surface area contributed by atoms with E-state index in [4.69, 9.17) is 34.7 Å². The number of hydrogen-bond donors (Lipinski definition) is 2. The van der Waals surface area contributed by atoms with E-state index in [-0.39, 0.29) is 5.96 Å². The normalized spacial score (nSPS) is 20.8. The van der Waals surface area contributed by atoms with Gasteiger partial charge in [-0.1, -0.05) is 29.6 Å². The molecule has 22 heavy (non-hydrogen) atoms. The van der Waals surface area contributed by atoms with Crippen LogP contribution in [0.15, 0.2) is 22.1 Å². The molecular formula is C14H16Cl2IN5. The highest BCUT2D eigenvalue weighted by molar-refractivity contribution is 14.1. The minimum atomic E-state index is -0.533. The summed E-state index contributed by atoms with van der Waals surface area (Å²) in [6, 6.07) is 3.71. The highest BCUT2D eigenvalue weighted by atomic mass is 127. The first-order valence-electron chi connectivity index (χ1n) is 7.07. The minimum absolute atomic E-state index is 0.216. The van der Waals surface area contributed by atoms with Crippen LogP contribution in [-0.4, -0.2) is 17.6 Å². The number of anilines is 1. The minimum Gasteiger partial charge on any atom is -0.369 e. The van der Waals surface area contributed by atoms with Gasteiger partial charge in [-0.25, -0.2) is 4.99 Å². The molecule has 0 unspecified atom stereocenters. The zero-order valence-electron chi connectivity index (χ0n) is 11.8. The van der Waals surface area contributed by atoms with E-state index in [9.17, 15) is 0 Å². The number of nitrogens with zero attached hydrogens (tertiary/aromatic N) is 3. The van der Waals surface area contributed by atoms with Gasteiger partial charge in [0.15, 0.2) is 0 Å². The molecule has 0 radical (unpaired) electrons. The third-order valence-corrected chi connectivity index (χ3v) is 5.26. The van der Waals surface area contributed by atoms with E-state index in [1.807, 2.05) is 17.0 Å². The van der Waals surface area contributed by atoms with E-state index in [1.165, 1.54) is 6.42 Å². The van der Waals surface area contributed by atoms with Crippen molar-refractivity contribution in [2.75, 3.05) is 4.90 Å². The summed E-state index contributed by atoms with van der Waals surface area (Å²) in [4.78, 5) is 10.6. The molecule has 0 saturated heterocycles. The van der Waals surface area contributed by atoms with Gasteiger partial charge in [0.25, 0.3) is 0 Å². The summed E-state index contributed by atoms with van der Waals surface area (Å²) in [7, 11) is 0. The second kappa shape index (κ2) is 6.05. The zero-order chi connectivity index (χ0) is 15.9. The monoisotopic (exact) mass is 451 g/mol. The summed E-state index contributed by atoms with van der Waals surface area (Å²) < 4.78 is 0.963. The van der Waals surface area contributed by atoms with Crippen molar-refractivity contribution in [3.8, 4) is 0 Å². The summed E-state index contributed by atoms with van der Waals surface area (Å²) in [6.45, 7) is 0. The van der Waals surface area contributed by atoms with Crippen molar-refractivity contribution in [3.05, 3.63) is 25.7 Å². The Morgan fingerprint density at radius 1 is 1.09 bits per heavy atom. The van der Waals surface area contributed by atoms with Crippen molar-refractivity contribution in [1.82, 2.24) is 0 Å². The Morgan fingerprint density at radius 3 is 2.27 bits per heavy atom. The predicted octanol–water partition coefficient (Wildman–Crippen LogP) is 3.71. The summed E-state index contributed by atoms with van der Waals surface area (Å²) in [6.07, 6.45) is 4.99. The lowest BCUT2D eigenvalue weighted by molar-refractivity contribution is 0.305. The van der Waals surface area contributed by atoms with Crippen molar-refractivity contribution in [2.45, 2.75) is 37.8 Å². The number of aliphatic imine (C=N–C) groups is 2. The number of rotatable bonds is 1. The first-order valence-corrected chi connectivity index (χ1v) is 8.91. The molecule has 5 nitrogen and oxygen atoms in total. The van der Waals surface area contributed by atoms with Gasteiger partial charge in [0.05, 0.1) is 15.7 Å². The Balaban J connectivity index is 2.16. The van der Waals surface area contributed by atoms with E-state index in [0.717, 1.165) is 29.3 Å². The molecule has 3 rings (SSSR count). The van der Waals surface area contributed by atoms with Crippen LogP contribution in [0, 0.1) is 3.57 Å². The molecule has 1 saturated carbocycles. The van der Waals surface area contributed by atoms with E-state index in [2.05, 4.69) is 32.6 Å². The van der Waals surface area contributed by atoms with Crippen molar-refractivity contribution < 1.29 is 0 Å². The second-order valence-corrected chi connectivity index (χ2v) is 7.60. The molecule has 1 heterocycles. The van der Waals surface area contributed by atoms with Gasteiger partial charge in [0.2, 0.25) is 11.9 Å². The lowest BCUT2D eigenvalue weighted by Crippen LogP contribution is -2.58. The Hall–Kier alpha value is -0.730. The van der Waals surface area contributed by atoms with Gasteiger partial charge in [-0.2, -0.15) is 4.99 Å². The molecule has 118 valence electrons. The molecule has 1 spiro atoms. The zero-order valence-corrected chi connectivity index (χ0v) is 15.5. The maximum absolute atomic E-state index is 6.45. The molecule has 1 fully saturated rings. The average Bonchev–Trinajstić information content (AvgIpc) is 2.41. The largest absolute Gasteiger partial charge is 0.369 e. The molecule has 0 aromatic heterocycles. The van der Waals surface area contributed by atoms with Gasteiger partial charge < -0.3 is 11.5 Å². The van der Waals surface area contributed by atoms with Gasteiger partial charge >= 0.3 is 0 Å². The third kappa shape index (κ3) is 2.76. The molecule has 2 aliphatic rings. The Labute approximate surface area is 152 Å². The molecular weight excluding hydrogens is 436 g/mol. The second-order valence-electron chi connectivity index (χ2n) is 5.54. The molecule has 0 bridgehead atoms. The van der Waals surface area contributed by atoms with E-state index in [0.29, 0.717) is 21.7 Å². The van der Waals surface area contributed by atoms with Crippen molar-refractivity contribution in [1.29, 1.82) is 0 Å². The lowest BCUT2D eigenvalue weighted by Gasteiger charge is -2.46. The van der Waals surface area contributed by atoms with E-state index >= 15 is 0 Å². The standard InChI is InChI=1S/C14H16Cl2IN5/c15-9-6-8(17)7-10(16)11(9)22-13(19)20-12(18)21-14(22)4-2-1-3-5-14/h6-7H,1-5H2,(H4,18,19,20,21). The Kier molecular flexibility index (Phi) is 4.44. The van der Waals surface area contributed by atoms with Crippen LogP contribution in [0.5, 0.6) is 0 Å². The molecule has 1 aromatic rings. The molecule has 1 aliphatic heterocycles. The molecule has 0 atom stereocenters. The van der Waals surface area contributed by atoms with Crippen LogP contribution in [0.3, 0.4) is 0 Å². The van der Waals surface area contributed by atoms with Crippen LogP contribution in [-0.2, 0) is 0 Å². The highest BCUT2D eigenvalue weighted by Crippen LogP contribution is 2.45. The molecule has 4 N–H and O–H groups in total. The fourth-order valence-corrected chi connectivity index (χ4v) is 4.84. The fourth-order valence-electron chi connectivity index (χ4n) is 3.19. The summed E-state index contributed by atoms with van der Waals surface area (Å²) in [5.41, 5.74) is 12.2. The Morgan fingerprint density at radius 2 is 1.68 bits per heavy atom. The average molecular weight is 452 g/mol. The summed E-state index contributed by atoms with van der Waals surface area (Å²) >= 11 is 15.1. The fraction of sp³-hybridized carbons (Fsp3) is 0.429.